The van der Waals surface area contributed by atoms with Crippen LogP contribution in [0.2, 0.25) is 0 Å². The number of rotatable bonds is 2. The highest BCUT2D eigenvalue weighted by atomic mass is 32.1. The maximum absolute atomic E-state index is 9.24. The Balaban J connectivity index is 2.69. The average molecular weight is 294 g/mol. The Bertz CT molecular complexity index is 852. The Morgan fingerprint density at radius 3 is 2.52 bits per heavy atom. The summed E-state index contributed by atoms with van der Waals surface area (Å²) in [6.07, 6.45) is 0. The standard InChI is InChI=1S/C14H10N6S/c1-9(10-5-3-2-4-6-10)19-20-12(8-16)11(7-15)13(17)18-14(20)21/h2-6H,1H3,(H2,17,18,21)/b19-9+. The average Bonchev–Trinajstić information content (AvgIpc) is 2.50. The van der Waals surface area contributed by atoms with Gasteiger partial charge in [0.25, 0.3) is 0 Å². The van der Waals surface area contributed by atoms with Crippen molar-refractivity contribution in [2.24, 2.45) is 5.10 Å². The van der Waals surface area contributed by atoms with Crippen LogP contribution in [0, 0.1) is 27.4 Å². The molecular weight excluding hydrogens is 284 g/mol. The molecule has 102 valence electrons. The third-order valence-electron chi connectivity index (χ3n) is 2.76. The molecule has 0 fully saturated rings. The predicted octanol–water partition coefficient (Wildman–Crippen LogP) is 2.21. The zero-order valence-electron chi connectivity index (χ0n) is 11.1. The number of nitrogens with two attached hydrogens (primary N) is 1. The lowest BCUT2D eigenvalue weighted by molar-refractivity contribution is 0.797. The van der Waals surface area contributed by atoms with Crippen molar-refractivity contribution >= 4 is 23.7 Å². The number of hydrogen-bond acceptors (Lipinski definition) is 6. The molecule has 0 aliphatic heterocycles. The molecule has 1 aromatic carbocycles. The fourth-order valence-electron chi connectivity index (χ4n) is 1.72. The highest BCUT2D eigenvalue weighted by molar-refractivity contribution is 7.71. The van der Waals surface area contributed by atoms with Crippen LogP contribution in [0.3, 0.4) is 0 Å². The summed E-state index contributed by atoms with van der Waals surface area (Å²) in [7, 11) is 0. The van der Waals surface area contributed by atoms with Gasteiger partial charge in [0.05, 0.1) is 5.71 Å². The van der Waals surface area contributed by atoms with Crippen LogP contribution >= 0.6 is 12.2 Å². The second-order valence-electron chi connectivity index (χ2n) is 4.09. The SMILES string of the molecule is C/C(=N\n1c(C#N)c(C#N)c(N)nc1=S)c1ccccc1. The van der Waals surface area contributed by atoms with Gasteiger partial charge in [-0.1, -0.05) is 30.3 Å². The zero-order chi connectivity index (χ0) is 15.4. The van der Waals surface area contributed by atoms with Crippen LogP contribution in [-0.4, -0.2) is 15.4 Å². The van der Waals surface area contributed by atoms with E-state index in [0.29, 0.717) is 5.71 Å². The minimum Gasteiger partial charge on any atom is -0.382 e. The summed E-state index contributed by atoms with van der Waals surface area (Å²) in [5.41, 5.74) is 7.06. The Morgan fingerprint density at radius 2 is 1.95 bits per heavy atom. The Morgan fingerprint density at radius 1 is 1.29 bits per heavy atom. The monoisotopic (exact) mass is 294 g/mol. The van der Waals surface area contributed by atoms with Crippen LogP contribution in [0.5, 0.6) is 0 Å². The van der Waals surface area contributed by atoms with Gasteiger partial charge in [-0.15, -0.1) is 0 Å². The molecule has 1 heterocycles. The van der Waals surface area contributed by atoms with Gasteiger partial charge in [0, 0.05) is 0 Å². The molecule has 0 unspecified atom stereocenters. The van der Waals surface area contributed by atoms with E-state index < -0.39 is 0 Å². The largest absolute Gasteiger partial charge is 0.382 e. The fourth-order valence-corrected chi connectivity index (χ4v) is 1.95. The number of anilines is 1. The molecule has 0 spiro atoms. The van der Waals surface area contributed by atoms with Crippen molar-refractivity contribution in [3.8, 4) is 12.1 Å². The molecule has 2 rings (SSSR count). The molecule has 2 aromatic rings. The second kappa shape index (κ2) is 5.95. The molecule has 21 heavy (non-hydrogen) atoms. The summed E-state index contributed by atoms with van der Waals surface area (Å²) in [5.74, 6) is -0.0668. The lowest BCUT2D eigenvalue weighted by Crippen LogP contribution is -2.11. The van der Waals surface area contributed by atoms with Gasteiger partial charge in [-0.3, -0.25) is 0 Å². The third-order valence-corrected chi connectivity index (χ3v) is 3.03. The van der Waals surface area contributed by atoms with E-state index in [1.165, 1.54) is 0 Å². The Labute approximate surface area is 126 Å². The lowest BCUT2D eigenvalue weighted by atomic mass is 10.1. The molecule has 0 aliphatic carbocycles. The van der Waals surface area contributed by atoms with Crippen molar-refractivity contribution in [3.05, 3.63) is 51.9 Å². The molecular formula is C14H10N6S. The minimum atomic E-state index is -0.0668. The minimum absolute atomic E-state index is 0.0229. The topological polar surface area (TPSA) is 104 Å². The van der Waals surface area contributed by atoms with Crippen molar-refractivity contribution in [1.82, 2.24) is 9.66 Å². The van der Waals surface area contributed by atoms with E-state index in [1.54, 1.807) is 6.92 Å². The summed E-state index contributed by atoms with van der Waals surface area (Å²) in [5, 5.41) is 22.6. The van der Waals surface area contributed by atoms with E-state index in [1.807, 2.05) is 42.5 Å². The number of hydrogen-bond donors (Lipinski definition) is 1. The van der Waals surface area contributed by atoms with E-state index in [2.05, 4.69) is 10.1 Å². The van der Waals surface area contributed by atoms with Crippen molar-refractivity contribution in [2.45, 2.75) is 6.92 Å². The van der Waals surface area contributed by atoms with E-state index in [4.69, 9.17) is 23.2 Å². The first-order valence-corrected chi connectivity index (χ1v) is 6.33. The number of nitrogen functional groups attached to an aromatic ring is 1. The predicted molar refractivity (Wildman–Crippen MR) is 81.0 cm³/mol. The maximum atomic E-state index is 9.24. The number of benzene rings is 1. The summed E-state index contributed by atoms with van der Waals surface area (Å²) in [6.45, 7) is 1.78. The number of aromatic nitrogens is 2. The number of nitrogens with zero attached hydrogens (tertiary/aromatic N) is 5. The lowest BCUT2D eigenvalue weighted by Gasteiger charge is -2.08. The van der Waals surface area contributed by atoms with Gasteiger partial charge >= 0.3 is 0 Å². The van der Waals surface area contributed by atoms with Gasteiger partial charge in [-0.05, 0) is 24.7 Å². The molecule has 0 radical (unpaired) electrons. The van der Waals surface area contributed by atoms with Crippen LogP contribution in [0.15, 0.2) is 35.4 Å². The Hall–Kier alpha value is -3.03. The van der Waals surface area contributed by atoms with E-state index in [0.717, 1.165) is 10.2 Å². The molecule has 6 nitrogen and oxygen atoms in total. The van der Waals surface area contributed by atoms with Crippen molar-refractivity contribution in [3.63, 3.8) is 0 Å². The molecule has 0 aliphatic rings. The van der Waals surface area contributed by atoms with Crippen LogP contribution in [0.25, 0.3) is 0 Å². The number of nitriles is 2. The molecule has 0 bridgehead atoms. The zero-order valence-corrected chi connectivity index (χ0v) is 11.9. The summed E-state index contributed by atoms with van der Waals surface area (Å²) >= 11 is 5.07. The molecule has 7 heteroatoms. The third kappa shape index (κ3) is 2.78. The first-order chi connectivity index (χ1) is 10.1. The molecule has 0 saturated heterocycles. The van der Waals surface area contributed by atoms with Crippen molar-refractivity contribution < 1.29 is 0 Å². The van der Waals surface area contributed by atoms with Gasteiger partial charge in [0.2, 0.25) is 4.77 Å². The van der Waals surface area contributed by atoms with E-state index >= 15 is 0 Å². The molecule has 1 aromatic heterocycles. The van der Waals surface area contributed by atoms with Gasteiger partial charge in [-0.2, -0.15) is 20.3 Å². The molecule has 2 N–H and O–H groups in total. The molecule has 0 saturated carbocycles. The smallest absolute Gasteiger partial charge is 0.223 e. The maximum Gasteiger partial charge on any atom is 0.223 e. The molecule has 0 atom stereocenters. The normalized spacial score (nSPS) is 10.7. The first kappa shape index (κ1) is 14.4. The Kier molecular flexibility index (Phi) is 4.07. The van der Waals surface area contributed by atoms with Crippen molar-refractivity contribution in [1.29, 1.82) is 10.5 Å². The van der Waals surface area contributed by atoms with Gasteiger partial charge in [0.15, 0.2) is 5.69 Å². The van der Waals surface area contributed by atoms with Crippen LogP contribution < -0.4 is 5.73 Å². The fraction of sp³-hybridized carbons (Fsp3) is 0.0714. The van der Waals surface area contributed by atoms with E-state index in [-0.39, 0.29) is 21.8 Å². The summed E-state index contributed by atoms with van der Waals surface area (Å²) in [6, 6.07) is 13.2. The summed E-state index contributed by atoms with van der Waals surface area (Å²) in [4.78, 5) is 3.87. The first-order valence-electron chi connectivity index (χ1n) is 5.92. The van der Waals surface area contributed by atoms with Crippen LogP contribution in [0.1, 0.15) is 23.7 Å². The van der Waals surface area contributed by atoms with Crippen molar-refractivity contribution in [2.75, 3.05) is 5.73 Å². The summed E-state index contributed by atoms with van der Waals surface area (Å²) < 4.78 is 1.19. The van der Waals surface area contributed by atoms with Gasteiger partial charge in [-0.25, -0.2) is 4.98 Å². The highest BCUT2D eigenvalue weighted by Gasteiger charge is 2.13. The van der Waals surface area contributed by atoms with Gasteiger partial charge in [0.1, 0.15) is 23.5 Å². The van der Waals surface area contributed by atoms with E-state index in [9.17, 15) is 5.26 Å². The highest BCUT2D eigenvalue weighted by Crippen LogP contribution is 2.14. The van der Waals surface area contributed by atoms with Gasteiger partial charge < -0.3 is 5.73 Å². The second-order valence-corrected chi connectivity index (χ2v) is 4.46. The van der Waals surface area contributed by atoms with Crippen LogP contribution in [0.4, 0.5) is 5.82 Å². The quantitative estimate of drug-likeness (QED) is 0.675. The molecule has 0 amide bonds. The van der Waals surface area contributed by atoms with Crippen LogP contribution in [-0.2, 0) is 0 Å².